The van der Waals surface area contributed by atoms with Crippen molar-refractivity contribution in [1.29, 1.82) is 0 Å². The van der Waals surface area contributed by atoms with Gasteiger partial charge in [-0.3, -0.25) is 0 Å². The van der Waals surface area contributed by atoms with Crippen LogP contribution in [0.5, 0.6) is 0 Å². The molecular weight excluding hydrogens is 567 g/mol. The largest absolute Gasteiger partial charge is 0.358 e. The van der Waals surface area contributed by atoms with Gasteiger partial charge in [0.05, 0.1) is 0 Å². The van der Waals surface area contributed by atoms with Crippen LogP contribution in [-0.2, 0) is 25.8 Å². The molecule has 2 aliphatic carbocycles. The fourth-order valence-corrected chi connectivity index (χ4v) is 4.98. The van der Waals surface area contributed by atoms with Crippen molar-refractivity contribution in [3.05, 3.63) is 119 Å². The van der Waals surface area contributed by atoms with E-state index in [0.29, 0.717) is 11.8 Å². The molecular formula is C30H30HfN2. The van der Waals surface area contributed by atoms with Gasteiger partial charge >= 0.3 is 0 Å². The summed E-state index contributed by atoms with van der Waals surface area (Å²) in [6.45, 7) is 8.71. The Kier molecular flexibility index (Phi) is 6.90. The van der Waals surface area contributed by atoms with E-state index in [-0.39, 0.29) is 25.8 Å². The maximum atomic E-state index is 3.50. The molecule has 0 aliphatic heterocycles. The summed E-state index contributed by atoms with van der Waals surface area (Å²) in [4.78, 5) is 7.01. The van der Waals surface area contributed by atoms with E-state index in [4.69, 9.17) is 0 Å². The van der Waals surface area contributed by atoms with E-state index in [2.05, 4.69) is 123 Å². The Morgan fingerprint density at radius 1 is 0.576 bits per heavy atom. The number of fused-ring (bicyclic) bond motifs is 2. The number of rotatable bonds is 2. The number of H-pyrrole nitrogens is 2. The van der Waals surface area contributed by atoms with E-state index in [1.807, 2.05) is 0 Å². The fraction of sp³-hybridized carbons (Fsp3) is 0.200. The van der Waals surface area contributed by atoms with Crippen LogP contribution in [0.4, 0.5) is 0 Å². The molecule has 0 amide bonds. The summed E-state index contributed by atoms with van der Waals surface area (Å²) in [6, 6.07) is 21.4. The molecule has 4 aromatic rings. The van der Waals surface area contributed by atoms with Crippen molar-refractivity contribution in [2.24, 2.45) is 0 Å². The first-order valence-corrected chi connectivity index (χ1v) is 11.4. The molecule has 0 saturated carbocycles. The second-order valence-electron chi connectivity index (χ2n) is 9.18. The quantitative estimate of drug-likeness (QED) is 0.218. The minimum Gasteiger partial charge on any atom is -0.358 e. The van der Waals surface area contributed by atoms with Crippen molar-refractivity contribution in [3.8, 4) is 0 Å². The summed E-state index contributed by atoms with van der Waals surface area (Å²) in [7, 11) is 0. The minimum absolute atomic E-state index is 0. The van der Waals surface area contributed by atoms with Crippen LogP contribution in [-0.4, -0.2) is 9.97 Å². The molecule has 2 N–H and O–H groups in total. The summed E-state index contributed by atoms with van der Waals surface area (Å²) in [6.07, 6.45) is 9.16. The Labute approximate surface area is 215 Å². The molecule has 2 atom stereocenters. The Hall–Kier alpha value is -2.65. The van der Waals surface area contributed by atoms with Crippen LogP contribution < -0.4 is 0 Å². The number of aromatic amines is 2. The third kappa shape index (κ3) is 4.84. The van der Waals surface area contributed by atoms with E-state index in [0.717, 1.165) is 0 Å². The van der Waals surface area contributed by atoms with Crippen molar-refractivity contribution in [1.82, 2.24) is 9.97 Å². The summed E-state index contributed by atoms with van der Waals surface area (Å²) in [5, 5.41) is 2.59. The van der Waals surface area contributed by atoms with Crippen molar-refractivity contribution in [3.63, 3.8) is 0 Å². The predicted molar refractivity (Wildman–Crippen MR) is 137 cm³/mol. The minimum atomic E-state index is 0. The zero-order valence-electron chi connectivity index (χ0n) is 19.7. The van der Waals surface area contributed by atoms with E-state index in [1.54, 1.807) is 0 Å². The maximum absolute atomic E-state index is 3.50. The van der Waals surface area contributed by atoms with Crippen LogP contribution in [0.3, 0.4) is 0 Å². The van der Waals surface area contributed by atoms with Gasteiger partial charge in [0.1, 0.15) is 0 Å². The number of para-hydroxylation sites is 2. The molecule has 0 saturated heterocycles. The van der Waals surface area contributed by atoms with Crippen LogP contribution >= 0.6 is 0 Å². The van der Waals surface area contributed by atoms with Crippen LogP contribution in [0.25, 0.3) is 21.8 Å². The molecule has 0 spiro atoms. The van der Waals surface area contributed by atoms with Crippen molar-refractivity contribution in [2.45, 2.75) is 39.5 Å². The average molecular weight is 597 g/mol. The zero-order chi connectivity index (χ0) is 22.2. The van der Waals surface area contributed by atoms with Gasteiger partial charge in [0.2, 0.25) is 0 Å². The van der Waals surface area contributed by atoms with Crippen LogP contribution in [0.1, 0.15) is 50.9 Å². The van der Waals surface area contributed by atoms with Gasteiger partial charge in [-0.15, -0.1) is 0 Å². The first-order chi connectivity index (χ1) is 15.5. The Balaban J connectivity index is 0.000000152. The van der Waals surface area contributed by atoms with E-state index < -0.39 is 0 Å². The standard InChI is InChI=1S/2C15H15N.Hf/c2*1-10-7-11(2)13(8-10)15-9-12-5-3-4-6-14(12)16-15;/h2*3-9,13,16H,1-2H3;. The first kappa shape index (κ1) is 23.5. The summed E-state index contributed by atoms with van der Waals surface area (Å²) >= 11 is 0. The molecule has 2 aliphatic rings. The summed E-state index contributed by atoms with van der Waals surface area (Å²) in [5.74, 6) is 0.875. The number of benzene rings is 2. The molecule has 0 bridgehead atoms. The van der Waals surface area contributed by atoms with E-state index >= 15 is 0 Å². The van der Waals surface area contributed by atoms with Gasteiger partial charge < -0.3 is 9.97 Å². The van der Waals surface area contributed by atoms with Crippen molar-refractivity contribution < 1.29 is 25.8 Å². The first-order valence-electron chi connectivity index (χ1n) is 11.4. The normalized spacial score (nSPS) is 19.4. The Morgan fingerprint density at radius 2 is 0.970 bits per heavy atom. The SMILES string of the molecule is CC1=CC(c2cc3ccccc3[nH]2)C(C)=C1.CC1=CC(c2cc3ccccc3[nH]2)C(C)=C1.[Hf]. The molecule has 33 heavy (non-hydrogen) atoms. The smallest absolute Gasteiger partial charge is 0.0456 e. The Morgan fingerprint density at radius 3 is 1.30 bits per heavy atom. The van der Waals surface area contributed by atoms with E-state index in [9.17, 15) is 0 Å². The predicted octanol–water partition coefficient (Wildman–Crippen LogP) is 8.31. The number of aromatic nitrogens is 2. The van der Waals surface area contributed by atoms with Crippen molar-refractivity contribution in [2.75, 3.05) is 0 Å². The second kappa shape index (κ2) is 9.69. The fourth-order valence-electron chi connectivity index (χ4n) is 4.98. The van der Waals surface area contributed by atoms with Gasteiger partial charge in [0, 0.05) is 60.1 Å². The molecule has 2 aromatic carbocycles. The monoisotopic (exact) mass is 598 g/mol. The molecule has 6 rings (SSSR count). The number of hydrogen-bond donors (Lipinski definition) is 2. The van der Waals surface area contributed by atoms with Gasteiger partial charge in [-0.25, -0.2) is 0 Å². The summed E-state index contributed by atoms with van der Waals surface area (Å²) in [5.41, 5.74) is 10.6. The van der Waals surface area contributed by atoms with Crippen LogP contribution in [0.15, 0.2) is 107 Å². The van der Waals surface area contributed by atoms with E-state index in [1.165, 1.54) is 55.5 Å². The number of hydrogen-bond acceptors (Lipinski definition) is 0. The zero-order valence-corrected chi connectivity index (χ0v) is 23.3. The van der Waals surface area contributed by atoms with Crippen LogP contribution in [0, 0.1) is 0 Å². The molecule has 0 radical (unpaired) electrons. The van der Waals surface area contributed by atoms with Gasteiger partial charge in [-0.2, -0.15) is 0 Å². The van der Waals surface area contributed by atoms with Crippen LogP contribution in [0.2, 0.25) is 0 Å². The number of allylic oxidation sites excluding steroid dienone is 8. The van der Waals surface area contributed by atoms with Crippen molar-refractivity contribution >= 4 is 21.8 Å². The molecule has 164 valence electrons. The topological polar surface area (TPSA) is 31.6 Å². The second-order valence-corrected chi connectivity index (χ2v) is 9.18. The van der Waals surface area contributed by atoms with Gasteiger partial charge in [-0.05, 0) is 62.7 Å². The molecule has 2 nitrogen and oxygen atoms in total. The average Bonchev–Trinajstić information content (AvgIpc) is 3.52. The molecule has 2 unspecified atom stereocenters. The molecule has 3 heteroatoms. The maximum Gasteiger partial charge on any atom is 0.0456 e. The van der Waals surface area contributed by atoms with Gasteiger partial charge in [0.25, 0.3) is 0 Å². The number of nitrogens with one attached hydrogen (secondary N) is 2. The molecule has 2 aromatic heterocycles. The van der Waals surface area contributed by atoms with Gasteiger partial charge in [0.15, 0.2) is 0 Å². The Bertz CT molecular complexity index is 1250. The third-order valence-electron chi connectivity index (χ3n) is 6.52. The molecule has 2 heterocycles. The molecule has 0 fully saturated rings. The summed E-state index contributed by atoms with van der Waals surface area (Å²) < 4.78 is 0. The van der Waals surface area contributed by atoms with Gasteiger partial charge in [-0.1, -0.05) is 83.0 Å². The third-order valence-corrected chi connectivity index (χ3v) is 6.52.